The summed E-state index contributed by atoms with van der Waals surface area (Å²) in [6.45, 7) is 1.91. The molecule has 0 aliphatic heterocycles. The van der Waals surface area contributed by atoms with Gasteiger partial charge in [-0.15, -0.1) is 11.3 Å². The van der Waals surface area contributed by atoms with Crippen LogP contribution in [-0.4, -0.2) is 25.2 Å². The quantitative estimate of drug-likeness (QED) is 0.620. The molecule has 1 aromatic carbocycles. The van der Waals surface area contributed by atoms with Crippen LogP contribution in [0.5, 0.6) is 0 Å². The van der Waals surface area contributed by atoms with Crippen LogP contribution in [0.15, 0.2) is 69.5 Å². The lowest BCUT2D eigenvalue weighted by atomic mass is 10.3. The molecule has 1 amide bonds. The Labute approximate surface area is 162 Å². The lowest BCUT2D eigenvalue weighted by Crippen LogP contribution is -2.32. The summed E-state index contributed by atoms with van der Waals surface area (Å²) in [7, 11) is -3.71. The van der Waals surface area contributed by atoms with Crippen molar-refractivity contribution in [2.24, 2.45) is 0 Å². The third-order valence-corrected chi connectivity index (χ3v) is 6.71. The van der Waals surface area contributed by atoms with E-state index in [4.69, 9.17) is 4.42 Å². The van der Waals surface area contributed by atoms with Crippen LogP contribution in [0.3, 0.4) is 0 Å². The van der Waals surface area contributed by atoms with Crippen molar-refractivity contribution in [3.63, 3.8) is 0 Å². The number of anilines is 1. The molecule has 3 aromatic rings. The first-order chi connectivity index (χ1) is 12.9. The lowest BCUT2D eigenvalue weighted by molar-refractivity contribution is -0.114. The van der Waals surface area contributed by atoms with E-state index in [9.17, 15) is 13.2 Å². The Hall–Kier alpha value is -2.42. The van der Waals surface area contributed by atoms with Gasteiger partial charge in [-0.2, -0.15) is 4.31 Å². The van der Waals surface area contributed by atoms with E-state index < -0.39 is 10.0 Å². The molecule has 0 atom stereocenters. The molecule has 0 saturated carbocycles. The number of hydrogen-bond acceptors (Lipinski definition) is 5. The molecular weight excluding hydrogens is 384 g/mol. The van der Waals surface area contributed by atoms with Crippen molar-refractivity contribution in [3.8, 4) is 0 Å². The smallest absolute Gasteiger partial charge is 0.243 e. The molecule has 0 aliphatic rings. The minimum atomic E-state index is -3.71. The van der Waals surface area contributed by atoms with Gasteiger partial charge in [0.2, 0.25) is 15.9 Å². The third-order valence-electron chi connectivity index (χ3n) is 3.91. The Morgan fingerprint density at radius 1 is 1.15 bits per heavy atom. The number of nitrogens with one attached hydrogen (secondary N) is 1. The maximum Gasteiger partial charge on any atom is 0.243 e. The SMILES string of the molecule is CC(=O)Nc1ccc(S(=O)(=O)N(CCc2cccs2)Cc2ccco2)cc1. The average Bonchev–Trinajstić information content (AvgIpc) is 3.32. The zero-order valence-corrected chi connectivity index (χ0v) is 16.4. The first kappa shape index (κ1) is 19.3. The van der Waals surface area contributed by atoms with Gasteiger partial charge < -0.3 is 9.73 Å². The molecule has 0 saturated heterocycles. The number of hydrogen-bond donors (Lipinski definition) is 1. The molecule has 2 aromatic heterocycles. The van der Waals surface area contributed by atoms with E-state index in [2.05, 4.69) is 5.32 Å². The standard InChI is InChI=1S/C19H20N2O4S2/c1-15(22)20-16-6-8-19(9-7-16)27(23,24)21(14-17-4-2-12-25-17)11-10-18-5-3-13-26-18/h2-9,12-13H,10-11,14H2,1H3,(H,20,22). The number of furan rings is 1. The van der Waals surface area contributed by atoms with Crippen molar-refractivity contribution in [3.05, 3.63) is 70.8 Å². The molecule has 0 unspecified atom stereocenters. The highest BCUT2D eigenvalue weighted by molar-refractivity contribution is 7.89. The fourth-order valence-electron chi connectivity index (χ4n) is 2.61. The highest BCUT2D eigenvalue weighted by atomic mass is 32.2. The molecule has 0 radical (unpaired) electrons. The summed E-state index contributed by atoms with van der Waals surface area (Å²) in [5.41, 5.74) is 0.553. The van der Waals surface area contributed by atoms with Gasteiger partial charge in [-0.05, 0) is 54.3 Å². The van der Waals surface area contributed by atoms with Crippen molar-refractivity contribution in [1.82, 2.24) is 4.31 Å². The number of carbonyl (C=O) groups excluding carboxylic acids is 1. The Morgan fingerprint density at radius 3 is 2.52 bits per heavy atom. The van der Waals surface area contributed by atoms with E-state index in [0.717, 1.165) is 4.88 Å². The Kier molecular flexibility index (Phi) is 6.10. The Morgan fingerprint density at radius 2 is 1.93 bits per heavy atom. The Balaban J connectivity index is 1.82. The Bertz CT molecular complexity index is 963. The third kappa shape index (κ3) is 5.06. The normalized spacial score (nSPS) is 11.6. The lowest BCUT2D eigenvalue weighted by Gasteiger charge is -2.21. The molecule has 142 valence electrons. The fourth-order valence-corrected chi connectivity index (χ4v) is 4.72. The van der Waals surface area contributed by atoms with Gasteiger partial charge in [-0.1, -0.05) is 6.07 Å². The molecule has 1 N–H and O–H groups in total. The number of sulfonamides is 1. The molecule has 0 spiro atoms. The van der Waals surface area contributed by atoms with Crippen molar-refractivity contribution in [2.75, 3.05) is 11.9 Å². The second-order valence-corrected chi connectivity index (χ2v) is 8.92. The van der Waals surface area contributed by atoms with Crippen LogP contribution in [0.25, 0.3) is 0 Å². The number of benzene rings is 1. The summed E-state index contributed by atoms with van der Waals surface area (Å²) in [6.07, 6.45) is 2.16. The van der Waals surface area contributed by atoms with Gasteiger partial charge in [0.15, 0.2) is 0 Å². The van der Waals surface area contributed by atoms with Crippen LogP contribution in [0.4, 0.5) is 5.69 Å². The van der Waals surface area contributed by atoms with Gasteiger partial charge in [0.25, 0.3) is 0 Å². The van der Waals surface area contributed by atoms with E-state index in [1.54, 1.807) is 35.6 Å². The van der Waals surface area contributed by atoms with E-state index >= 15 is 0 Å². The van der Waals surface area contributed by atoms with Crippen LogP contribution in [0.2, 0.25) is 0 Å². The number of rotatable bonds is 8. The number of amides is 1. The average molecular weight is 405 g/mol. The summed E-state index contributed by atoms with van der Waals surface area (Å²) in [4.78, 5) is 12.4. The number of thiophene rings is 1. The van der Waals surface area contributed by atoms with Crippen LogP contribution in [0, 0.1) is 0 Å². The topological polar surface area (TPSA) is 79.6 Å². The van der Waals surface area contributed by atoms with Crippen molar-refractivity contribution < 1.29 is 17.6 Å². The molecule has 27 heavy (non-hydrogen) atoms. The summed E-state index contributed by atoms with van der Waals surface area (Å²) in [6, 6.07) is 13.6. The maximum absolute atomic E-state index is 13.2. The van der Waals surface area contributed by atoms with Crippen LogP contribution < -0.4 is 5.32 Å². The predicted molar refractivity (Wildman–Crippen MR) is 105 cm³/mol. The molecule has 0 fully saturated rings. The summed E-state index contributed by atoms with van der Waals surface area (Å²) in [5.74, 6) is 0.376. The molecule has 0 bridgehead atoms. The van der Waals surface area contributed by atoms with Crippen LogP contribution >= 0.6 is 11.3 Å². The minimum Gasteiger partial charge on any atom is -0.468 e. The van der Waals surface area contributed by atoms with Gasteiger partial charge in [0.05, 0.1) is 17.7 Å². The van der Waals surface area contributed by atoms with Gasteiger partial charge in [0.1, 0.15) is 5.76 Å². The van der Waals surface area contributed by atoms with Gasteiger partial charge >= 0.3 is 0 Å². The van der Waals surface area contributed by atoms with Crippen molar-refractivity contribution >= 4 is 33.0 Å². The minimum absolute atomic E-state index is 0.161. The highest BCUT2D eigenvalue weighted by Crippen LogP contribution is 2.22. The number of nitrogens with zero attached hydrogens (tertiary/aromatic N) is 1. The van der Waals surface area contributed by atoms with Crippen LogP contribution in [-0.2, 0) is 27.8 Å². The summed E-state index contributed by atoms with van der Waals surface area (Å²) in [5, 5.41) is 4.61. The predicted octanol–water partition coefficient (Wildman–Crippen LogP) is 3.73. The van der Waals surface area contributed by atoms with E-state index in [1.807, 2.05) is 17.5 Å². The molecule has 0 aliphatic carbocycles. The monoisotopic (exact) mass is 404 g/mol. The van der Waals surface area contributed by atoms with Gasteiger partial charge in [-0.25, -0.2) is 8.42 Å². The maximum atomic E-state index is 13.2. The van der Waals surface area contributed by atoms with E-state index in [0.29, 0.717) is 24.4 Å². The zero-order valence-electron chi connectivity index (χ0n) is 14.8. The van der Waals surface area contributed by atoms with Gasteiger partial charge in [-0.3, -0.25) is 4.79 Å². The zero-order chi connectivity index (χ0) is 19.3. The summed E-state index contributed by atoms with van der Waals surface area (Å²) >= 11 is 1.60. The molecule has 6 nitrogen and oxygen atoms in total. The molecule has 3 rings (SSSR count). The number of carbonyl (C=O) groups is 1. The highest BCUT2D eigenvalue weighted by Gasteiger charge is 2.25. The van der Waals surface area contributed by atoms with E-state index in [1.165, 1.54) is 29.6 Å². The second-order valence-electron chi connectivity index (χ2n) is 5.95. The first-order valence-electron chi connectivity index (χ1n) is 8.38. The molecule has 8 heteroatoms. The fraction of sp³-hybridized carbons (Fsp3) is 0.211. The van der Waals surface area contributed by atoms with Crippen molar-refractivity contribution in [2.45, 2.75) is 24.8 Å². The second kappa shape index (κ2) is 8.51. The first-order valence-corrected chi connectivity index (χ1v) is 10.7. The summed E-state index contributed by atoms with van der Waals surface area (Å²) < 4.78 is 33.1. The van der Waals surface area contributed by atoms with E-state index in [-0.39, 0.29) is 17.3 Å². The molecular formula is C19H20N2O4S2. The van der Waals surface area contributed by atoms with Gasteiger partial charge in [0, 0.05) is 24.0 Å². The van der Waals surface area contributed by atoms with Crippen molar-refractivity contribution in [1.29, 1.82) is 0 Å². The largest absolute Gasteiger partial charge is 0.468 e. The molecule has 2 heterocycles. The van der Waals surface area contributed by atoms with Crippen LogP contribution in [0.1, 0.15) is 17.6 Å².